The molecule has 25 heavy (non-hydrogen) atoms. The maximum Gasteiger partial charge on any atom is 0.352 e. The lowest BCUT2D eigenvalue weighted by Crippen LogP contribution is -2.52. The third kappa shape index (κ3) is 0.819. The molecule has 9 rings (SSSR count). The third-order valence-corrected chi connectivity index (χ3v) is 8.38. The van der Waals surface area contributed by atoms with Crippen LogP contribution in [0.25, 0.3) is 5.69 Å². The number of benzene rings is 1. The molecule has 122 valence electrons. The largest absolute Gasteiger partial charge is 0.352 e. The summed E-state index contributed by atoms with van der Waals surface area (Å²) in [6.45, 7) is 0. The SMILES string of the molecule is O=c1n(-c2ccccc2)c(=O)n2n1[C@H]1[C@H]3C4C5[C@]16C=CC=C[C@]56[C@@H]2[C@@H]43. The molecule has 2 bridgehead atoms. The van der Waals surface area contributed by atoms with Crippen molar-refractivity contribution in [1.82, 2.24) is 13.9 Å². The lowest BCUT2D eigenvalue weighted by atomic mass is 9.69. The summed E-state index contributed by atoms with van der Waals surface area (Å²) >= 11 is 0. The Kier molecular flexibility index (Phi) is 1.44. The van der Waals surface area contributed by atoms with Crippen molar-refractivity contribution in [3.8, 4) is 5.69 Å². The van der Waals surface area contributed by atoms with E-state index in [9.17, 15) is 9.59 Å². The highest BCUT2D eigenvalue weighted by molar-refractivity contribution is 5.57. The summed E-state index contributed by atoms with van der Waals surface area (Å²) in [6, 6.07) is 9.67. The van der Waals surface area contributed by atoms with Crippen molar-refractivity contribution in [1.29, 1.82) is 0 Å². The fourth-order valence-electron chi connectivity index (χ4n) is 8.05. The van der Waals surface area contributed by atoms with Crippen LogP contribution in [-0.2, 0) is 0 Å². The fraction of sp³-hybridized carbons (Fsp3) is 0.400. The van der Waals surface area contributed by atoms with Crippen LogP contribution in [0.15, 0.2) is 64.2 Å². The second-order valence-electron chi connectivity index (χ2n) is 8.61. The van der Waals surface area contributed by atoms with Crippen LogP contribution in [0.3, 0.4) is 0 Å². The quantitative estimate of drug-likeness (QED) is 0.796. The van der Waals surface area contributed by atoms with Crippen LogP contribution in [-0.4, -0.2) is 13.9 Å². The van der Waals surface area contributed by atoms with Crippen molar-refractivity contribution in [3.05, 3.63) is 75.6 Å². The van der Waals surface area contributed by atoms with E-state index in [1.165, 1.54) is 4.57 Å². The van der Waals surface area contributed by atoms with Crippen molar-refractivity contribution in [2.75, 3.05) is 0 Å². The molecule has 2 spiro atoms. The first-order chi connectivity index (χ1) is 12.2. The van der Waals surface area contributed by atoms with E-state index in [2.05, 4.69) is 24.3 Å². The summed E-state index contributed by atoms with van der Waals surface area (Å²) in [5.41, 5.74) is 0.568. The monoisotopic (exact) mass is 329 g/mol. The Hall–Kier alpha value is -2.56. The molecule has 6 atom stereocenters. The van der Waals surface area contributed by atoms with Crippen molar-refractivity contribution >= 4 is 0 Å². The number of hydrogen-bond acceptors (Lipinski definition) is 2. The summed E-state index contributed by atoms with van der Waals surface area (Å²) in [5.74, 6) is 2.59. The van der Waals surface area contributed by atoms with E-state index in [0.29, 0.717) is 23.4 Å². The molecular formula is C20H15N3O2. The van der Waals surface area contributed by atoms with Gasteiger partial charge in [-0.2, -0.15) is 0 Å². The average molecular weight is 329 g/mol. The van der Waals surface area contributed by atoms with Gasteiger partial charge in [0.05, 0.1) is 17.8 Å². The predicted molar refractivity (Wildman–Crippen MR) is 89.5 cm³/mol. The van der Waals surface area contributed by atoms with Gasteiger partial charge in [0.15, 0.2) is 0 Å². The van der Waals surface area contributed by atoms with E-state index in [0.717, 1.165) is 5.92 Å². The summed E-state index contributed by atoms with van der Waals surface area (Å²) in [5, 5.41) is 0. The zero-order valence-corrected chi connectivity index (χ0v) is 13.3. The van der Waals surface area contributed by atoms with Gasteiger partial charge < -0.3 is 0 Å². The second-order valence-corrected chi connectivity index (χ2v) is 8.61. The lowest BCUT2D eigenvalue weighted by Gasteiger charge is -2.47. The molecule has 2 aromatic rings. The molecule has 3 heterocycles. The van der Waals surface area contributed by atoms with Crippen LogP contribution >= 0.6 is 0 Å². The zero-order valence-electron chi connectivity index (χ0n) is 13.3. The van der Waals surface area contributed by atoms with E-state index >= 15 is 0 Å². The first kappa shape index (κ1) is 11.9. The molecule has 1 aromatic heterocycles. The first-order valence-corrected chi connectivity index (χ1v) is 9.14. The minimum atomic E-state index is -0.159. The van der Waals surface area contributed by atoms with Crippen molar-refractivity contribution in [2.45, 2.75) is 12.1 Å². The van der Waals surface area contributed by atoms with Crippen LogP contribution in [0.5, 0.6) is 0 Å². The fourth-order valence-corrected chi connectivity index (χ4v) is 8.05. The van der Waals surface area contributed by atoms with Gasteiger partial charge in [0.2, 0.25) is 0 Å². The number of para-hydroxylation sites is 1. The maximum absolute atomic E-state index is 13.3. The zero-order chi connectivity index (χ0) is 16.3. The molecule has 5 heteroatoms. The topological polar surface area (TPSA) is 48.9 Å². The van der Waals surface area contributed by atoms with Gasteiger partial charge in [-0.15, -0.1) is 0 Å². The Morgan fingerprint density at radius 1 is 0.760 bits per heavy atom. The molecule has 0 radical (unpaired) electrons. The van der Waals surface area contributed by atoms with Gasteiger partial charge in [-0.05, 0) is 35.8 Å². The summed E-state index contributed by atoms with van der Waals surface area (Å²) in [4.78, 5) is 26.6. The molecular weight excluding hydrogens is 314 g/mol. The summed E-state index contributed by atoms with van der Waals surface area (Å²) in [7, 11) is 0. The molecule has 2 aliphatic heterocycles. The van der Waals surface area contributed by atoms with Gasteiger partial charge in [0.25, 0.3) is 0 Å². The molecule has 5 nitrogen and oxygen atoms in total. The van der Waals surface area contributed by atoms with Crippen LogP contribution < -0.4 is 11.4 Å². The second kappa shape index (κ2) is 3.02. The number of allylic oxidation sites excluding steroid dienone is 4. The highest BCUT2D eigenvalue weighted by Crippen LogP contribution is 3.03. The van der Waals surface area contributed by atoms with E-state index in [4.69, 9.17) is 0 Å². The molecule has 0 unspecified atom stereocenters. The molecule has 5 aliphatic carbocycles. The molecule has 4 fully saturated rings. The Labute approximate surface area is 142 Å². The lowest BCUT2D eigenvalue weighted by molar-refractivity contribution is 0.0445. The van der Waals surface area contributed by atoms with E-state index in [1.54, 1.807) is 0 Å². The number of aromatic nitrogens is 3. The molecule has 7 aliphatic rings. The summed E-state index contributed by atoms with van der Waals surface area (Å²) in [6.07, 6.45) is 9.02. The molecule has 1 aromatic carbocycles. The maximum atomic E-state index is 13.3. The van der Waals surface area contributed by atoms with Gasteiger partial charge in [0.1, 0.15) is 0 Å². The normalized spacial score (nSPS) is 49.9. The molecule has 0 amide bonds. The Morgan fingerprint density at radius 2 is 1.32 bits per heavy atom. The number of hydrogen-bond donors (Lipinski definition) is 0. The Balaban J connectivity index is 1.50. The molecule has 0 N–H and O–H groups in total. The van der Waals surface area contributed by atoms with Crippen LogP contribution in [0.4, 0.5) is 0 Å². The van der Waals surface area contributed by atoms with Gasteiger partial charge in [0, 0.05) is 10.8 Å². The number of rotatable bonds is 1. The van der Waals surface area contributed by atoms with Crippen LogP contribution in [0.2, 0.25) is 0 Å². The van der Waals surface area contributed by atoms with Crippen LogP contribution in [0.1, 0.15) is 12.1 Å². The minimum absolute atomic E-state index is 0.107. The molecule has 4 saturated carbocycles. The van der Waals surface area contributed by atoms with Gasteiger partial charge in [-0.25, -0.2) is 23.5 Å². The molecule has 0 saturated heterocycles. The van der Waals surface area contributed by atoms with E-state index in [1.807, 2.05) is 39.7 Å². The highest BCUT2D eigenvalue weighted by atomic mass is 16.2. The minimum Gasteiger partial charge on any atom is -0.245 e. The van der Waals surface area contributed by atoms with Gasteiger partial charge >= 0.3 is 11.4 Å². The predicted octanol–water partition coefficient (Wildman–Crippen LogP) is 1.51. The third-order valence-electron chi connectivity index (χ3n) is 8.38. The van der Waals surface area contributed by atoms with Gasteiger partial charge in [-0.3, -0.25) is 0 Å². The standard InChI is InChI=1S/C20H15N3O2/c24-17-21(10-6-2-1-3-7-10)18(25)23-16-13-11-12(13)15(22(17)23)19-8-4-5-9-20(16,19)14(11)19/h1-9,11-16H/t11?,12-,13-,14?,15-,16-,19+,20+/m0/s1. The summed E-state index contributed by atoms with van der Waals surface area (Å²) < 4.78 is 5.06. The van der Waals surface area contributed by atoms with Crippen molar-refractivity contribution < 1.29 is 0 Å². The Morgan fingerprint density at radius 3 is 1.88 bits per heavy atom. The smallest absolute Gasteiger partial charge is 0.245 e. The highest BCUT2D eigenvalue weighted by Gasteiger charge is 3.02. The van der Waals surface area contributed by atoms with Crippen molar-refractivity contribution in [3.63, 3.8) is 0 Å². The Bertz CT molecular complexity index is 1130. The average Bonchev–Trinajstić information content (AvgIpc) is 3.41. The number of nitrogens with zero attached hydrogens (tertiary/aromatic N) is 3. The first-order valence-electron chi connectivity index (χ1n) is 9.14. The van der Waals surface area contributed by atoms with Crippen LogP contribution in [0, 0.1) is 34.5 Å². The van der Waals surface area contributed by atoms with Gasteiger partial charge in [-0.1, -0.05) is 42.5 Å². The van der Waals surface area contributed by atoms with E-state index < -0.39 is 0 Å². The van der Waals surface area contributed by atoms with Crippen molar-refractivity contribution in [2.24, 2.45) is 34.5 Å². The van der Waals surface area contributed by atoms with E-state index in [-0.39, 0.29) is 34.3 Å².